The molecule has 4 saturated heterocycles. The fraction of sp³-hybridized carbons (Fsp3) is 0.467. The van der Waals surface area contributed by atoms with Crippen molar-refractivity contribution in [1.29, 1.82) is 0 Å². The van der Waals surface area contributed by atoms with Crippen LogP contribution < -0.4 is 15.0 Å². The number of thiophene rings is 1. The summed E-state index contributed by atoms with van der Waals surface area (Å²) in [6.07, 6.45) is 4.14. The molecule has 4 aliphatic rings. The van der Waals surface area contributed by atoms with E-state index in [0.29, 0.717) is 37.7 Å². The van der Waals surface area contributed by atoms with Gasteiger partial charge in [0.25, 0.3) is 0 Å². The number of benzene rings is 2. The van der Waals surface area contributed by atoms with E-state index in [-0.39, 0.29) is 11.3 Å². The maximum Gasteiger partial charge on any atom is 0.319 e. The van der Waals surface area contributed by atoms with Crippen LogP contribution in [0, 0.1) is 0 Å². The lowest BCUT2D eigenvalue weighted by atomic mass is 9.95. The van der Waals surface area contributed by atoms with Crippen LogP contribution in [0.5, 0.6) is 11.8 Å². The number of fused-ring (bicyclic) bond motifs is 5. The fourth-order valence-electron chi connectivity index (χ4n) is 7.42. The number of rotatable bonds is 5. The Kier molecular flexibility index (Phi) is 5.51. The first kappa shape index (κ1) is 23.8. The van der Waals surface area contributed by atoms with Gasteiger partial charge < -0.3 is 20.1 Å². The van der Waals surface area contributed by atoms with E-state index in [1.54, 1.807) is 17.4 Å². The number of aromatic nitrogens is 2. The molecule has 7 nitrogen and oxygen atoms in total. The van der Waals surface area contributed by atoms with Gasteiger partial charge in [-0.1, -0.05) is 24.3 Å². The zero-order chi connectivity index (χ0) is 26.1. The summed E-state index contributed by atoms with van der Waals surface area (Å²) >= 11 is 1.67. The summed E-state index contributed by atoms with van der Waals surface area (Å²) in [5, 5.41) is 16.3. The summed E-state index contributed by atoms with van der Waals surface area (Å²) < 4.78 is 21.7. The van der Waals surface area contributed by atoms with Gasteiger partial charge in [0.05, 0.1) is 15.8 Å². The van der Waals surface area contributed by atoms with E-state index in [9.17, 15) is 9.50 Å². The molecule has 202 valence electrons. The van der Waals surface area contributed by atoms with Crippen LogP contribution in [0.15, 0.2) is 42.5 Å². The Labute approximate surface area is 230 Å². The van der Waals surface area contributed by atoms with Crippen LogP contribution in [0.1, 0.15) is 32.1 Å². The topological polar surface area (TPSA) is 73.8 Å². The first-order chi connectivity index (χ1) is 19.0. The van der Waals surface area contributed by atoms with Crippen LogP contribution >= 0.6 is 11.3 Å². The van der Waals surface area contributed by atoms with Crippen LogP contribution in [-0.4, -0.2) is 76.6 Å². The average molecular weight is 546 g/mol. The van der Waals surface area contributed by atoms with Crippen molar-refractivity contribution in [1.82, 2.24) is 20.2 Å². The highest BCUT2D eigenvalue weighted by Crippen LogP contribution is 2.44. The predicted molar refractivity (Wildman–Crippen MR) is 153 cm³/mol. The number of ether oxygens (including phenoxy) is 1. The van der Waals surface area contributed by atoms with Crippen LogP contribution in [0.2, 0.25) is 0 Å². The number of halogens is 1. The number of hydrogen-bond donors (Lipinski definition) is 2. The summed E-state index contributed by atoms with van der Waals surface area (Å²) in [5.74, 6) is 1.17. The van der Waals surface area contributed by atoms with Crippen molar-refractivity contribution in [3.63, 3.8) is 0 Å². The molecular formula is C30H32FN5O2S. The molecule has 0 radical (unpaired) electrons. The highest BCUT2D eigenvalue weighted by molar-refractivity contribution is 7.22. The Morgan fingerprint density at radius 1 is 1.10 bits per heavy atom. The van der Waals surface area contributed by atoms with E-state index in [1.807, 2.05) is 24.3 Å². The molecular weight excluding hydrogens is 513 g/mol. The number of aromatic hydroxyl groups is 1. The minimum absolute atomic E-state index is 0.244. The van der Waals surface area contributed by atoms with Gasteiger partial charge in [0.1, 0.15) is 18.5 Å². The number of nitrogens with zero attached hydrogens (tertiary/aromatic N) is 4. The Balaban J connectivity index is 1.21. The predicted octanol–water partition coefficient (Wildman–Crippen LogP) is 5.11. The summed E-state index contributed by atoms with van der Waals surface area (Å²) in [7, 11) is 0. The fourth-order valence-corrected chi connectivity index (χ4v) is 8.57. The highest BCUT2D eigenvalue weighted by atomic mass is 32.1. The molecule has 2 aromatic carbocycles. The molecule has 4 aliphatic heterocycles. The molecule has 9 heteroatoms. The van der Waals surface area contributed by atoms with Crippen molar-refractivity contribution in [3.8, 4) is 22.2 Å². The van der Waals surface area contributed by atoms with E-state index in [0.717, 1.165) is 69.7 Å². The van der Waals surface area contributed by atoms with Crippen molar-refractivity contribution in [2.45, 2.75) is 55.9 Å². The highest BCUT2D eigenvalue weighted by Gasteiger charge is 2.49. The second-order valence-electron chi connectivity index (χ2n) is 11.8. The molecule has 2 aromatic heterocycles. The largest absolute Gasteiger partial charge is 0.508 e. The lowest BCUT2D eigenvalue weighted by molar-refractivity contribution is 0.107. The van der Waals surface area contributed by atoms with E-state index >= 15 is 0 Å². The lowest BCUT2D eigenvalue weighted by Gasteiger charge is -2.34. The van der Waals surface area contributed by atoms with Gasteiger partial charge in [0.2, 0.25) is 0 Å². The number of alkyl halides is 1. The molecule has 2 bridgehead atoms. The molecule has 4 atom stereocenters. The van der Waals surface area contributed by atoms with Gasteiger partial charge in [-0.3, -0.25) is 4.90 Å². The van der Waals surface area contributed by atoms with Crippen LogP contribution in [0.25, 0.3) is 31.4 Å². The zero-order valence-electron chi connectivity index (χ0n) is 21.8. The Morgan fingerprint density at radius 2 is 1.95 bits per heavy atom. The summed E-state index contributed by atoms with van der Waals surface area (Å²) in [5.41, 5.74) is 1.60. The Bertz CT molecular complexity index is 1570. The zero-order valence-corrected chi connectivity index (χ0v) is 22.6. The van der Waals surface area contributed by atoms with Gasteiger partial charge in [-0.25, -0.2) is 4.39 Å². The Morgan fingerprint density at radius 3 is 2.82 bits per heavy atom. The van der Waals surface area contributed by atoms with Crippen molar-refractivity contribution in [2.75, 3.05) is 37.7 Å². The lowest BCUT2D eigenvalue weighted by Crippen LogP contribution is -2.51. The maximum atomic E-state index is 14.4. The van der Waals surface area contributed by atoms with Gasteiger partial charge in [-0.05, 0) is 61.2 Å². The molecule has 8 rings (SSSR count). The van der Waals surface area contributed by atoms with Crippen molar-refractivity contribution in [3.05, 3.63) is 42.5 Å². The van der Waals surface area contributed by atoms with Crippen molar-refractivity contribution < 1.29 is 14.2 Å². The van der Waals surface area contributed by atoms with Gasteiger partial charge in [0.15, 0.2) is 5.82 Å². The third-order valence-electron chi connectivity index (χ3n) is 9.19. The number of phenolic OH excluding ortho intramolecular Hbond substituents is 1. The van der Waals surface area contributed by atoms with Gasteiger partial charge >= 0.3 is 6.01 Å². The third kappa shape index (κ3) is 4.05. The van der Waals surface area contributed by atoms with Gasteiger partial charge in [-0.15, -0.1) is 11.3 Å². The molecule has 4 aromatic rings. The number of phenols is 1. The number of anilines is 1. The molecule has 4 unspecified atom stereocenters. The van der Waals surface area contributed by atoms with Crippen LogP contribution in [0.4, 0.5) is 10.2 Å². The first-order valence-electron chi connectivity index (χ1n) is 14.1. The molecule has 4 fully saturated rings. The molecule has 39 heavy (non-hydrogen) atoms. The van der Waals surface area contributed by atoms with Gasteiger partial charge in [0, 0.05) is 48.6 Å². The molecule has 0 spiro atoms. The minimum Gasteiger partial charge on any atom is -0.508 e. The van der Waals surface area contributed by atoms with Crippen molar-refractivity contribution in [2.24, 2.45) is 0 Å². The molecule has 0 saturated carbocycles. The quantitative estimate of drug-likeness (QED) is 0.361. The third-order valence-corrected chi connectivity index (χ3v) is 10.3. The van der Waals surface area contributed by atoms with E-state index < -0.39 is 6.17 Å². The first-order valence-corrected chi connectivity index (χ1v) is 14.9. The standard InChI is InChI=1S/C30H32FN5O2S/c31-19-13-30(8-3-9-36(30)14-19)17-38-29-33-25-12-26(24-11-22(37)10-18-4-1-2-5-23(18)24)39-27(25)28(34-29)35-15-20-6-7-21(16-35)32-20/h1-2,4-5,10-12,19-21,32,37H,3,6-9,13-17H2. The minimum atomic E-state index is -0.791. The summed E-state index contributed by atoms with van der Waals surface area (Å²) in [6.45, 7) is 3.67. The second-order valence-corrected chi connectivity index (χ2v) is 12.8. The Hall–Kier alpha value is -3.01. The van der Waals surface area contributed by atoms with Crippen molar-refractivity contribution >= 4 is 38.1 Å². The van der Waals surface area contributed by atoms with E-state index in [1.165, 1.54) is 12.8 Å². The summed E-state index contributed by atoms with van der Waals surface area (Å²) in [6, 6.07) is 15.2. The van der Waals surface area contributed by atoms with E-state index in [4.69, 9.17) is 14.7 Å². The average Bonchev–Trinajstić information content (AvgIpc) is 3.68. The monoisotopic (exact) mass is 545 g/mol. The molecule has 0 aliphatic carbocycles. The number of hydrogen-bond acceptors (Lipinski definition) is 8. The van der Waals surface area contributed by atoms with Crippen LogP contribution in [0.3, 0.4) is 0 Å². The maximum absolute atomic E-state index is 14.4. The second kappa shape index (κ2) is 9.01. The molecule has 6 heterocycles. The molecule has 2 N–H and O–H groups in total. The smallest absolute Gasteiger partial charge is 0.319 e. The molecule has 0 amide bonds. The summed E-state index contributed by atoms with van der Waals surface area (Å²) in [4.78, 5) is 15.6. The number of nitrogens with one attached hydrogen (secondary N) is 1. The van der Waals surface area contributed by atoms with E-state index in [2.05, 4.69) is 27.2 Å². The normalized spacial score (nSPS) is 28.5. The number of piperazine rings is 1. The SMILES string of the molecule is Oc1cc(-c2cc3nc(OCC45CCCN4CC(F)C5)nc(N4CC5CCC(C4)N5)c3s2)c2ccccc2c1. The van der Waals surface area contributed by atoms with Gasteiger partial charge in [-0.2, -0.15) is 9.97 Å². The van der Waals surface area contributed by atoms with Crippen LogP contribution in [-0.2, 0) is 0 Å².